The third-order valence-corrected chi connectivity index (χ3v) is 5.95. The number of halogens is 1. The number of esters is 1. The highest BCUT2D eigenvalue weighted by Gasteiger charge is 2.28. The predicted molar refractivity (Wildman–Crippen MR) is 112 cm³/mol. The summed E-state index contributed by atoms with van der Waals surface area (Å²) in [6.07, 6.45) is 1.52. The van der Waals surface area contributed by atoms with Crippen LogP contribution >= 0.6 is 0 Å². The maximum Gasteiger partial charge on any atom is 0.396 e. The van der Waals surface area contributed by atoms with Crippen LogP contribution in [-0.4, -0.2) is 47.9 Å². The first kappa shape index (κ1) is 20.8. The number of anilines is 1. The Morgan fingerprint density at radius 1 is 0.968 bits per heavy atom. The number of carbonyl (C=O) groups is 3. The quantitative estimate of drug-likeness (QED) is 0.592. The van der Waals surface area contributed by atoms with Crippen molar-refractivity contribution in [2.24, 2.45) is 0 Å². The number of carbonyl (C=O) groups excluding carboxylic acids is 3. The second kappa shape index (κ2) is 8.75. The zero-order valence-corrected chi connectivity index (χ0v) is 17.3. The standard InChI is InChI=1S/C23H24FN3O4/c1-31-22(29)21(28)26-10-8-16(9-11-26)15-3-6-20(7-4-15)25-23(30)27-13-17-2-5-19(24)12-18(17)14-27/h2-7,12,16H,8-11,13-14H2,1H3,(H,25,30). The van der Waals surface area contributed by atoms with E-state index in [4.69, 9.17) is 0 Å². The average Bonchev–Trinajstić information content (AvgIpc) is 3.22. The molecule has 0 radical (unpaired) electrons. The van der Waals surface area contributed by atoms with Gasteiger partial charge in [-0.1, -0.05) is 18.2 Å². The molecule has 0 aromatic heterocycles. The van der Waals surface area contributed by atoms with Crippen LogP contribution in [-0.2, 0) is 27.4 Å². The maximum absolute atomic E-state index is 13.4. The van der Waals surface area contributed by atoms with Gasteiger partial charge in [0.15, 0.2) is 0 Å². The monoisotopic (exact) mass is 425 g/mol. The van der Waals surface area contributed by atoms with E-state index in [-0.39, 0.29) is 17.8 Å². The molecule has 1 N–H and O–H groups in total. The van der Waals surface area contributed by atoms with Crippen LogP contribution < -0.4 is 5.32 Å². The number of hydrogen-bond acceptors (Lipinski definition) is 4. The number of fused-ring (bicyclic) bond motifs is 1. The van der Waals surface area contributed by atoms with Crippen LogP contribution in [0.2, 0.25) is 0 Å². The molecule has 8 heteroatoms. The summed E-state index contributed by atoms with van der Waals surface area (Å²) in [5.74, 6) is -1.43. The second-order valence-corrected chi connectivity index (χ2v) is 7.88. The first-order valence-electron chi connectivity index (χ1n) is 10.2. The Balaban J connectivity index is 1.31. The van der Waals surface area contributed by atoms with E-state index in [1.165, 1.54) is 24.1 Å². The van der Waals surface area contributed by atoms with Gasteiger partial charge in [0.2, 0.25) is 0 Å². The van der Waals surface area contributed by atoms with Crippen molar-refractivity contribution in [2.75, 3.05) is 25.5 Å². The number of nitrogens with zero attached hydrogens (tertiary/aromatic N) is 2. The Labute approximate surface area is 179 Å². The molecule has 3 amide bonds. The molecule has 0 spiro atoms. The van der Waals surface area contributed by atoms with Crippen molar-refractivity contribution in [2.45, 2.75) is 31.8 Å². The molecule has 0 aliphatic carbocycles. The van der Waals surface area contributed by atoms with Gasteiger partial charge in [-0.05, 0) is 59.7 Å². The maximum atomic E-state index is 13.4. The van der Waals surface area contributed by atoms with Crippen molar-refractivity contribution >= 4 is 23.6 Å². The van der Waals surface area contributed by atoms with Crippen molar-refractivity contribution < 1.29 is 23.5 Å². The Hall–Kier alpha value is -3.42. The number of nitrogens with one attached hydrogen (secondary N) is 1. The van der Waals surface area contributed by atoms with Crippen molar-refractivity contribution in [3.05, 3.63) is 65.0 Å². The molecule has 2 aliphatic rings. The fourth-order valence-corrected chi connectivity index (χ4v) is 4.18. The number of methoxy groups -OCH3 is 1. The minimum Gasteiger partial charge on any atom is -0.462 e. The lowest BCUT2D eigenvalue weighted by Gasteiger charge is -2.31. The van der Waals surface area contributed by atoms with Crippen molar-refractivity contribution in [1.82, 2.24) is 9.80 Å². The Morgan fingerprint density at radius 2 is 1.65 bits per heavy atom. The fourth-order valence-electron chi connectivity index (χ4n) is 4.18. The molecule has 162 valence electrons. The third-order valence-electron chi connectivity index (χ3n) is 5.95. The SMILES string of the molecule is COC(=O)C(=O)N1CCC(c2ccc(NC(=O)N3Cc4ccc(F)cc4C3)cc2)CC1. The molecule has 4 rings (SSSR count). The number of hydrogen-bond donors (Lipinski definition) is 1. The van der Waals surface area contributed by atoms with Crippen LogP contribution in [0.5, 0.6) is 0 Å². The van der Waals surface area contributed by atoms with Gasteiger partial charge in [-0.15, -0.1) is 0 Å². The summed E-state index contributed by atoms with van der Waals surface area (Å²) in [7, 11) is 1.20. The van der Waals surface area contributed by atoms with E-state index in [0.29, 0.717) is 31.9 Å². The molecule has 2 heterocycles. The summed E-state index contributed by atoms with van der Waals surface area (Å²) in [5, 5.41) is 2.89. The minimum absolute atomic E-state index is 0.223. The van der Waals surface area contributed by atoms with Crippen LogP contribution in [0.1, 0.15) is 35.4 Å². The van der Waals surface area contributed by atoms with E-state index in [1.54, 1.807) is 11.0 Å². The lowest BCUT2D eigenvalue weighted by molar-refractivity contribution is -0.158. The molecule has 7 nitrogen and oxygen atoms in total. The van der Waals surface area contributed by atoms with Crippen molar-refractivity contribution in [1.29, 1.82) is 0 Å². The van der Waals surface area contributed by atoms with Crippen molar-refractivity contribution in [3.8, 4) is 0 Å². The molecule has 0 bridgehead atoms. The zero-order chi connectivity index (χ0) is 22.0. The zero-order valence-electron chi connectivity index (χ0n) is 17.3. The van der Waals surface area contributed by atoms with E-state index in [1.807, 2.05) is 24.3 Å². The summed E-state index contributed by atoms with van der Waals surface area (Å²) in [4.78, 5) is 39.1. The molecule has 2 aromatic carbocycles. The van der Waals surface area contributed by atoms with Crippen LogP contribution in [0.25, 0.3) is 0 Å². The predicted octanol–water partition coefficient (Wildman–Crippen LogP) is 3.25. The molecule has 2 aliphatic heterocycles. The van der Waals surface area contributed by atoms with Crippen LogP contribution in [0.4, 0.5) is 14.9 Å². The molecule has 1 fully saturated rings. The van der Waals surface area contributed by atoms with E-state index < -0.39 is 11.9 Å². The second-order valence-electron chi connectivity index (χ2n) is 7.88. The number of likely N-dealkylation sites (tertiary alicyclic amines) is 1. The van der Waals surface area contributed by atoms with Crippen molar-refractivity contribution in [3.63, 3.8) is 0 Å². The van der Waals surface area contributed by atoms with Crippen LogP contribution in [0, 0.1) is 5.82 Å². The Kier molecular flexibility index (Phi) is 5.88. The lowest BCUT2D eigenvalue weighted by Crippen LogP contribution is -2.42. The summed E-state index contributed by atoms with van der Waals surface area (Å²) in [5.41, 5.74) is 3.62. The summed E-state index contributed by atoms with van der Waals surface area (Å²) in [6.45, 7) is 1.86. The summed E-state index contributed by atoms with van der Waals surface area (Å²) in [6, 6.07) is 12.1. The number of piperidine rings is 1. The normalized spacial score (nSPS) is 16.1. The van der Waals surface area contributed by atoms with E-state index in [9.17, 15) is 18.8 Å². The van der Waals surface area contributed by atoms with Gasteiger partial charge in [0.05, 0.1) is 7.11 Å². The number of benzene rings is 2. The summed E-state index contributed by atoms with van der Waals surface area (Å²) < 4.78 is 17.9. The average molecular weight is 425 g/mol. The summed E-state index contributed by atoms with van der Waals surface area (Å²) >= 11 is 0. The van der Waals surface area contributed by atoms with Gasteiger partial charge >= 0.3 is 17.9 Å². The minimum atomic E-state index is -0.829. The van der Waals surface area contributed by atoms with Gasteiger partial charge in [0.25, 0.3) is 0 Å². The van der Waals surface area contributed by atoms with E-state index in [2.05, 4.69) is 10.1 Å². The Morgan fingerprint density at radius 3 is 2.32 bits per heavy atom. The van der Waals surface area contributed by atoms with E-state index in [0.717, 1.165) is 29.5 Å². The highest BCUT2D eigenvalue weighted by Crippen LogP contribution is 2.29. The molecule has 0 atom stereocenters. The van der Waals surface area contributed by atoms with Gasteiger partial charge in [-0.25, -0.2) is 14.0 Å². The Bertz CT molecular complexity index is 1000. The number of ether oxygens (including phenoxy) is 1. The van der Waals surface area contributed by atoms with E-state index >= 15 is 0 Å². The van der Waals surface area contributed by atoms with Gasteiger partial charge in [-0.2, -0.15) is 0 Å². The number of amides is 3. The topological polar surface area (TPSA) is 79.0 Å². The highest BCUT2D eigenvalue weighted by molar-refractivity contribution is 6.32. The molecule has 2 aromatic rings. The number of urea groups is 1. The molecule has 1 saturated heterocycles. The lowest BCUT2D eigenvalue weighted by atomic mass is 9.89. The fraction of sp³-hybridized carbons (Fsp3) is 0.348. The number of rotatable bonds is 2. The molecule has 31 heavy (non-hydrogen) atoms. The molecular formula is C23H24FN3O4. The van der Waals surface area contributed by atoms with Crippen LogP contribution in [0.3, 0.4) is 0 Å². The highest BCUT2D eigenvalue weighted by atomic mass is 19.1. The van der Waals surface area contributed by atoms with Gasteiger partial charge in [0.1, 0.15) is 5.82 Å². The van der Waals surface area contributed by atoms with Gasteiger partial charge in [-0.3, -0.25) is 4.79 Å². The van der Waals surface area contributed by atoms with Gasteiger partial charge in [0, 0.05) is 31.9 Å². The smallest absolute Gasteiger partial charge is 0.396 e. The molecule has 0 saturated carbocycles. The van der Waals surface area contributed by atoms with Crippen LogP contribution in [0.15, 0.2) is 42.5 Å². The first-order chi connectivity index (χ1) is 14.9. The third kappa shape index (κ3) is 4.52. The first-order valence-corrected chi connectivity index (χ1v) is 10.2. The largest absolute Gasteiger partial charge is 0.462 e. The molecular weight excluding hydrogens is 401 g/mol. The van der Waals surface area contributed by atoms with Gasteiger partial charge < -0.3 is 19.9 Å². The molecule has 0 unspecified atom stereocenters.